The van der Waals surface area contributed by atoms with E-state index >= 15 is 0 Å². The van der Waals surface area contributed by atoms with Crippen LogP contribution in [0.15, 0.2) is 55.1 Å². The topological polar surface area (TPSA) is 86.4 Å². The van der Waals surface area contributed by atoms with E-state index in [1.54, 1.807) is 6.20 Å². The van der Waals surface area contributed by atoms with Crippen molar-refractivity contribution in [3.05, 3.63) is 60.7 Å². The highest BCUT2D eigenvalue weighted by molar-refractivity contribution is 5.95. The summed E-state index contributed by atoms with van der Waals surface area (Å²) in [6.07, 6.45) is 10.1. The molecule has 5 aromatic heterocycles. The monoisotopic (exact) mass is 395 g/mol. The zero-order valence-electron chi connectivity index (χ0n) is 16.5. The van der Waals surface area contributed by atoms with Crippen LogP contribution in [0, 0.1) is 0 Å². The third-order valence-electron chi connectivity index (χ3n) is 5.79. The van der Waals surface area contributed by atoms with Crippen LogP contribution in [0.4, 0.5) is 0 Å². The molecule has 0 saturated carbocycles. The van der Waals surface area contributed by atoms with Gasteiger partial charge in [-0.3, -0.25) is 20.0 Å². The highest BCUT2D eigenvalue weighted by atomic mass is 15.2. The third kappa shape index (κ3) is 3.04. The number of likely N-dealkylation sites (tertiary alicyclic amines) is 1. The molecule has 148 valence electrons. The van der Waals surface area contributed by atoms with Crippen molar-refractivity contribution in [1.82, 2.24) is 35.0 Å². The smallest absolute Gasteiger partial charge is 0.155 e. The summed E-state index contributed by atoms with van der Waals surface area (Å²) in [5, 5.41) is 8.53. The van der Waals surface area contributed by atoms with Crippen LogP contribution in [0.5, 0.6) is 0 Å². The quantitative estimate of drug-likeness (QED) is 0.477. The Kier molecular flexibility index (Phi) is 4.06. The summed E-state index contributed by atoms with van der Waals surface area (Å²) in [5.41, 5.74) is 7.80. The second-order valence-electron chi connectivity index (χ2n) is 7.88. The highest BCUT2D eigenvalue weighted by Gasteiger charge is 2.15. The fourth-order valence-corrected chi connectivity index (χ4v) is 4.28. The Morgan fingerprint density at radius 2 is 1.87 bits per heavy atom. The first-order valence-corrected chi connectivity index (χ1v) is 10.3. The molecule has 6 rings (SSSR count). The number of nitrogens with one attached hydrogen (secondary N) is 2. The molecule has 0 atom stereocenters. The van der Waals surface area contributed by atoms with E-state index in [1.807, 2.05) is 36.8 Å². The first-order chi connectivity index (χ1) is 14.8. The van der Waals surface area contributed by atoms with Gasteiger partial charge in [0.2, 0.25) is 0 Å². The Balaban J connectivity index is 1.39. The number of hydrogen-bond donors (Lipinski definition) is 2. The van der Waals surface area contributed by atoms with Gasteiger partial charge >= 0.3 is 0 Å². The summed E-state index contributed by atoms with van der Waals surface area (Å²) < 4.78 is 0. The second-order valence-corrected chi connectivity index (χ2v) is 7.88. The Bertz CT molecular complexity index is 1310. The van der Waals surface area contributed by atoms with Crippen molar-refractivity contribution < 1.29 is 0 Å². The Morgan fingerprint density at radius 1 is 0.967 bits per heavy atom. The minimum atomic E-state index is 0.765. The van der Waals surface area contributed by atoms with Gasteiger partial charge in [0.1, 0.15) is 5.69 Å². The van der Waals surface area contributed by atoms with Crippen molar-refractivity contribution in [1.29, 1.82) is 0 Å². The molecule has 0 aromatic carbocycles. The SMILES string of the molecule is c1cnc2cc(-c3n[nH]c4ncc(-c5cncc(CN6CCCC6)c5)cc34)[nH]c2c1. The maximum absolute atomic E-state index is 4.60. The molecule has 5 aromatic rings. The Morgan fingerprint density at radius 3 is 2.77 bits per heavy atom. The van der Waals surface area contributed by atoms with Crippen molar-refractivity contribution in [3.63, 3.8) is 0 Å². The maximum atomic E-state index is 4.60. The second kappa shape index (κ2) is 7.03. The summed E-state index contributed by atoms with van der Waals surface area (Å²) in [5.74, 6) is 0. The fourth-order valence-electron chi connectivity index (χ4n) is 4.28. The first-order valence-electron chi connectivity index (χ1n) is 10.3. The number of H-pyrrole nitrogens is 2. The van der Waals surface area contributed by atoms with E-state index < -0.39 is 0 Å². The Hall–Kier alpha value is -3.58. The molecule has 2 N–H and O–H groups in total. The van der Waals surface area contributed by atoms with Crippen LogP contribution in [-0.2, 0) is 6.54 Å². The van der Waals surface area contributed by atoms with Crippen molar-refractivity contribution in [2.75, 3.05) is 13.1 Å². The average Bonchev–Trinajstić information content (AvgIpc) is 3.52. The number of aromatic nitrogens is 6. The standard InChI is InChI=1S/C23H21N7/c1-2-7-30(6-1)14-15-8-16(12-24-11-15)17-9-18-22(28-29-23(18)26-13-17)21-10-20-19(27-21)4-3-5-25-20/h3-5,8-13,27H,1-2,6-7,14H2,(H,26,28,29). The number of aromatic amines is 2. The number of nitrogens with zero attached hydrogens (tertiary/aromatic N) is 5. The van der Waals surface area contributed by atoms with Crippen LogP contribution >= 0.6 is 0 Å². The molecule has 0 unspecified atom stereocenters. The largest absolute Gasteiger partial charge is 0.352 e. The molecule has 0 radical (unpaired) electrons. The van der Waals surface area contributed by atoms with Crippen LogP contribution in [0.25, 0.3) is 44.6 Å². The van der Waals surface area contributed by atoms with Crippen molar-refractivity contribution in [2.24, 2.45) is 0 Å². The predicted molar refractivity (Wildman–Crippen MR) is 117 cm³/mol. The van der Waals surface area contributed by atoms with Crippen LogP contribution in [0.3, 0.4) is 0 Å². The fraction of sp³-hybridized carbons (Fsp3) is 0.217. The van der Waals surface area contributed by atoms with Crippen LogP contribution in [0.1, 0.15) is 18.4 Å². The van der Waals surface area contributed by atoms with E-state index in [4.69, 9.17) is 0 Å². The van der Waals surface area contributed by atoms with Crippen LogP contribution < -0.4 is 0 Å². The lowest BCUT2D eigenvalue weighted by atomic mass is 10.1. The van der Waals surface area contributed by atoms with Gasteiger partial charge < -0.3 is 4.98 Å². The minimum absolute atomic E-state index is 0.765. The lowest BCUT2D eigenvalue weighted by molar-refractivity contribution is 0.331. The van der Waals surface area contributed by atoms with Gasteiger partial charge in [-0.05, 0) is 61.8 Å². The molecule has 6 heterocycles. The highest BCUT2D eigenvalue weighted by Crippen LogP contribution is 2.30. The van der Waals surface area contributed by atoms with Gasteiger partial charge in [0, 0.05) is 47.8 Å². The summed E-state index contributed by atoms with van der Waals surface area (Å²) in [7, 11) is 0. The number of pyridine rings is 3. The lowest BCUT2D eigenvalue weighted by Gasteiger charge is -2.14. The summed E-state index contributed by atoms with van der Waals surface area (Å²) in [4.78, 5) is 19.4. The number of hydrogen-bond acceptors (Lipinski definition) is 5. The summed E-state index contributed by atoms with van der Waals surface area (Å²) in [6, 6.07) is 10.3. The number of rotatable bonds is 4. The van der Waals surface area contributed by atoms with Gasteiger partial charge in [-0.2, -0.15) is 5.10 Å². The maximum Gasteiger partial charge on any atom is 0.155 e. The van der Waals surface area contributed by atoms with Gasteiger partial charge in [-0.25, -0.2) is 4.98 Å². The Labute approximate surface area is 173 Å². The van der Waals surface area contributed by atoms with Crippen molar-refractivity contribution in [3.8, 4) is 22.5 Å². The summed E-state index contributed by atoms with van der Waals surface area (Å²) >= 11 is 0. The average molecular weight is 395 g/mol. The van der Waals surface area contributed by atoms with E-state index in [0.717, 1.165) is 51.1 Å². The van der Waals surface area contributed by atoms with Gasteiger partial charge in [-0.1, -0.05) is 0 Å². The van der Waals surface area contributed by atoms with Crippen LogP contribution in [-0.4, -0.2) is 48.1 Å². The normalized spacial score (nSPS) is 14.8. The molecule has 1 aliphatic heterocycles. The molecule has 0 aliphatic carbocycles. The van der Waals surface area contributed by atoms with Crippen molar-refractivity contribution >= 4 is 22.1 Å². The molecular formula is C23H21N7. The van der Waals surface area contributed by atoms with Gasteiger partial charge in [0.05, 0.1) is 16.7 Å². The molecule has 30 heavy (non-hydrogen) atoms. The van der Waals surface area contributed by atoms with E-state index in [2.05, 4.69) is 47.2 Å². The first kappa shape index (κ1) is 17.3. The molecular weight excluding hydrogens is 374 g/mol. The number of fused-ring (bicyclic) bond motifs is 2. The molecule has 0 spiro atoms. The van der Waals surface area contributed by atoms with Gasteiger partial charge in [0.25, 0.3) is 0 Å². The molecule has 1 saturated heterocycles. The molecule has 0 amide bonds. The lowest BCUT2D eigenvalue weighted by Crippen LogP contribution is -2.18. The molecule has 1 aliphatic rings. The molecule has 1 fully saturated rings. The van der Waals surface area contributed by atoms with Crippen LogP contribution in [0.2, 0.25) is 0 Å². The van der Waals surface area contributed by atoms with Gasteiger partial charge in [0.15, 0.2) is 5.65 Å². The van der Waals surface area contributed by atoms with Crippen molar-refractivity contribution in [2.45, 2.75) is 19.4 Å². The zero-order chi connectivity index (χ0) is 19.9. The van der Waals surface area contributed by atoms with E-state index in [9.17, 15) is 0 Å². The van der Waals surface area contributed by atoms with E-state index in [0.29, 0.717) is 0 Å². The summed E-state index contributed by atoms with van der Waals surface area (Å²) in [6.45, 7) is 3.31. The minimum Gasteiger partial charge on any atom is -0.352 e. The van der Waals surface area contributed by atoms with Gasteiger partial charge in [-0.15, -0.1) is 0 Å². The zero-order valence-corrected chi connectivity index (χ0v) is 16.5. The molecule has 7 nitrogen and oxygen atoms in total. The predicted octanol–water partition coefficient (Wildman–Crippen LogP) is 4.16. The molecule has 0 bridgehead atoms. The molecule has 7 heteroatoms. The van der Waals surface area contributed by atoms with E-state index in [-0.39, 0.29) is 0 Å². The van der Waals surface area contributed by atoms with E-state index in [1.165, 1.54) is 31.5 Å². The third-order valence-corrected chi connectivity index (χ3v) is 5.79.